The van der Waals surface area contributed by atoms with Crippen molar-refractivity contribution in [2.75, 3.05) is 32.8 Å². The zero-order chi connectivity index (χ0) is 18.1. The van der Waals surface area contributed by atoms with Gasteiger partial charge in [0, 0.05) is 56.2 Å². The quantitative estimate of drug-likeness (QED) is 0.353. The average molecular weight is 490 g/mol. The lowest BCUT2D eigenvalue weighted by Crippen LogP contribution is -2.68. The van der Waals surface area contributed by atoms with Crippen LogP contribution in [0, 0.1) is 17.3 Å². The highest BCUT2D eigenvalue weighted by atomic mass is 127. The van der Waals surface area contributed by atoms with E-state index in [2.05, 4.69) is 36.3 Å². The molecule has 4 unspecified atom stereocenters. The molecular weight excluding hydrogens is 451 g/mol. The van der Waals surface area contributed by atoms with E-state index in [1.54, 1.807) is 0 Å². The van der Waals surface area contributed by atoms with E-state index in [0.29, 0.717) is 24.1 Å². The smallest absolute Gasteiger partial charge is 0.191 e. The highest BCUT2D eigenvalue weighted by molar-refractivity contribution is 14.0. The topological polar surface area (TPSA) is 48.9 Å². The van der Waals surface area contributed by atoms with Gasteiger partial charge < -0.3 is 20.3 Å². The van der Waals surface area contributed by atoms with Crippen LogP contribution in [-0.2, 0) is 4.74 Å². The van der Waals surface area contributed by atoms with Crippen LogP contribution in [0.15, 0.2) is 4.99 Å². The van der Waals surface area contributed by atoms with Gasteiger partial charge in [0.1, 0.15) is 0 Å². The number of nitrogens with zero attached hydrogens (tertiary/aromatic N) is 2. The molecule has 0 spiro atoms. The largest absolute Gasteiger partial charge is 0.377 e. The molecule has 27 heavy (non-hydrogen) atoms. The summed E-state index contributed by atoms with van der Waals surface area (Å²) >= 11 is 0. The maximum Gasteiger partial charge on any atom is 0.191 e. The van der Waals surface area contributed by atoms with Crippen LogP contribution < -0.4 is 10.6 Å². The summed E-state index contributed by atoms with van der Waals surface area (Å²) in [6.45, 7) is 12.2. The fourth-order valence-corrected chi connectivity index (χ4v) is 5.92. The number of rotatable bonds is 5. The molecule has 0 aromatic rings. The average Bonchev–Trinajstić information content (AvgIpc) is 3.34. The zero-order valence-corrected chi connectivity index (χ0v) is 19.7. The minimum atomic E-state index is 0. The van der Waals surface area contributed by atoms with Gasteiger partial charge in [-0.15, -0.1) is 24.0 Å². The molecule has 2 heterocycles. The number of likely N-dealkylation sites (tertiary alicyclic amines) is 1. The maximum absolute atomic E-state index is 5.94. The van der Waals surface area contributed by atoms with E-state index in [1.165, 1.54) is 58.2 Å². The molecule has 2 aliphatic carbocycles. The third-order valence-corrected chi connectivity index (χ3v) is 7.31. The lowest BCUT2D eigenvalue weighted by atomic mass is 9.57. The molecule has 0 aromatic heterocycles. The molecule has 2 saturated heterocycles. The van der Waals surface area contributed by atoms with Crippen molar-refractivity contribution in [1.82, 2.24) is 15.5 Å². The van der Waals surface area contributed by atoms with Crippen LogP contribution in [0.5, 0.6) is 0 Å². The molecule has 2 aliphatic heterocycles. The number of fused-ring (bicyclic) bond motifs is 1. The number of guanidine groups is 1. The van der Waals surface area contributed by atoms with Gasteiger partial charge in [0.05, 0.1) is 6.10 Å². The van der Waals surface area contributed by atoms with Gasteiger partial charge in [-0.2, -0.15) is 0 Å². The molecule has 2 N–H and O–H groups in total. The molecule has 0 radical (unpaired) electrons. The van der Waals surface area contributed by atoms with E-state index in [4.69, 9.17) is 9.73 Å². The number of halogens is 1. The van der Waals surface area contributed by atoms with Gasteiger partial charge in [-0.3, -0.25) is 4.99 Å². The summed E-state index contributed by atoms with van der Waals surface area (Å²) in [7, 11) is 0. The van der Waals surface area contributed by atoms with Crippen LogP contribution in [-0.4, -0.2) is 61.8 Å². The molecule has 4 aliphatic rings. The van der Waals surface area contributed by atoms with Crippen LogP contribution >= 0.6 is 24.0 Å². The molecule has 2 saturated carbocycles. The summed E-state index contributed by atoms with van der Waals surface area (Å²) < 4.78 is 5.94. The van der Waals surface area contributed by atoms with Gasteiger partial charge in [-0.1, -0.05) is 26.7 Å². The predicted octanol–water partition coefficient (Wildman–Crippen LogP) is 3.24. The first-order valence-electron chi connectivity index (χ1n) is 11.0. The molecule has 0 amide bonds. The van der Waals surface area contributed by atoms with Crippen LogP contribution in [0.1, 0.15) is 59.3 Å². The lowest BCUT2D eigenvalue weighted by Gasteiger charge is -2.55. The number of hydrogen-bond acceptors (Lipinski definition) is 3. The summed E-state index contributed by atoms with van der Waals surface area (Å²) in [5, 5.41) is 7.52. The van der Waals surface area contributed by atoms with Crippen LogP contribution in [0.4, 0.5) is 0 Å². The Labute approximate surface area is 182 Å². The van der Waals surface area contributed by atoms with Gasteiger partial charge in [0.25, 0.3) is 0 Å². The second-order valence-electron chi connectivity index (χ2n) is 9.55. The number of hydrogen-bond donors (Lipinski definition) is 2. The van der Waals surface area contributed by atoms with E-state index in [0.717, 1.165) is 25.0 Å². The Balaban J connectivity index is 0.00000210. The Hall–Kier alpha value is -0.0800. The van der Waals surface area contributed by atoms with Gasteiger partial charge in [-0.25, -0.2) is 0 Å². The lowest BCUT2D eigenvalue weighted by molar-refractivity contribution is -0.106. The van der Waals surface area contributed by atoms with Gasteiger partial charge in [-0.05, 0) is 38.5 Å². The SMILES string of the molecule is CCN=C(NC1CCN(CC2CCCC2)C1)NC1C2CCOC2C1(C)C.I. The van der Waals surface area contributed by atoms with Crippen molar-refractivity contribution < 1.29 is 4.74 Å². The summed E-state index contributed by atoms with van der Waals surface area (Å²) in [4.78, 5) is 7.42. The van der Waals surface area contributed by atoms with Crippen molar-refractivity contribution in [3.05, 3.63) is 0 Å². The van der Waals surface area contributed by atoms with Crippen molar-refractivity contribution in [1.29, 1.82) is 0 Å². The third-order valence-electron chi connectivity index (χ3n) is 7.31. The molecule has 0 aromatic carbocycles. The summed E-state index contributed by atoms with van der Waals surface area (Å²) in [6, 6.07) is 1.01. The fourth-order valence-electron chi connectivity index (χ4n) is 5.92. The van der Waals surface area contributed by atoms with Crippen molar-refractivity contribution >= 4 is 29.9 Å². The van der Waals surface area contributed by atoms with Gasteiger partial charge in [0.2, 0.25) is 0 Å². The normalized spacial score (nSPS) is 36.2. The van der Waals surface area contributed by atoms with Gasteiger partial charge in [0.15, 0.2) is 5.96 Å². The highest BCUT2D eigenvalue weighted by Gasteiger charge is 2.59. The summed E-state index contributed by atoms with van der Waals surface area (Å²) in [5.74, 6) is 2.62. The van der Waals surface area contributed by atoms with E-state index in [-0.39, 0.29) is 29.4 Å². The van der Waals surface area contributed by atoms with Crippen molar-refractivity contribution in [2.24, 2.45) is 22.2 Å². The maximum atomic E-state index is 5.94. The second kappa shape index (κ2) is 9.16. The number of nitrogens with one attached hydrogen (secondary N) is 2. The first-order chi connectivity index (χ1) is 12.6. The Morgan fingerprint density at radius 2 is 1.93 bits per heavy atom. The molecule has 4 atom stereocenters. The monoisotopic (exact) mass is 490 g/mol. The minimum Gasteiger partial charge on any atom is -0.377 e. The third kappa shape index (κ3) is 4.58. The summed E-state index contributed by atoms with van der Waals surface area (Å²) in [6.07, 6.45) is 8.63. The van der Waals surface area contributed by atoms with E-state index >= 15 is 0 Å². The van der Waals surface area contributed by atoms with Crippen LogP contribution in [0.2, 0.25) is 0 Å². The van der Waals surface area contributed by atoms with Crippen molar-refractivity contribution in [3.63, 3.8) is 0 Å². The fraction of sp³-hybridized carbons (Fsp3) is 0.952. The molecule has 156 valence electrons. The molecular formula is C21H39IN4O. The molecule has 0 bridgehead atoms. The first kappa shape index (κ1) is 21.6. The first-order valence-corrected chi connectivity index (χ1v) is 11.0. The number of aliphatic imine (C=N–C) groups is 1. The molecule has 5 nitrogen and oxygen atoms in total. The molecule has 4 fully saturated rings. The van der Waals surface area contributed by atoms with E-state index in [1.807, 2.05) is 0 Å². The van der Waals surface area contributed by atoms with Crippen molar-refractivity contribution in [3.8, 4) is 0 Å². The van der Waals surface area contributed by atoms with Crippen LogP contribution in [0.25, 0.3) is 0 Å². The predicted molar refractivity (Wildman–Crippen MR) is 122 cm³/mol. The molecule has 6 heteroatoms. The second-order valence-corrected chi connectivity index (χ2v) is 9.55. The Morgan fingerprint density at radius 3 is 2.67 bits per heavy atom. The Kier molecular flexibility index (Phi) is 7.34. The Bertz CT molecular complexity index is 520. The molecule has 4 rings (SSSR count). The van der Waals surface area contributed by atoms with E-state index in [9.17, 15) is 0 Å². The van der Waals surface area contributed by atoms with E-state index < -0.39 is 0 Å². The Morgan fingerprint density at radius 1 is 1.15 bits per heavy atom. The standard InChI is InChI=1S/C21H38N4O.HI/c1-4-22-20(24-18-17-10-12-26-19(17)21(18,2)3)23-16-9-11-25(14-16)13-15-7-5-6-8-15;/h15-19H,4-14H2,1-3H3,(H2,22,23,24);1H. The van der Waals surface area contributed by atoms with Gasteiger partial charge >= 0.3 is 0 Å². The van der Waals surface area contributed by atoms with Crippen LogP contribution in [0.3, 0.4) is 0 Å². The zero-order valence-electron chi connectivity index (χ0n) is 17.4. The highest BCUT2D eigenvalue weighted by Crippen LogP contribution is 2.52. The van der Waals surface area contributed by atoms with Crippen molar-refractivity contribution in [2.45, 2.75) is 77.5 Å². The number of ether oxygens (including phenoxy) is 1. The minimum absolute atomic E-state index is 0. The summed E-state index contributed by atoms with van der Waals surface area (Å²) in [5.41, 5.74) is 0.196.